The van der Waals surface area contributed by atoms with Gasteiger partial charge in [0, 0.05) is 6.42 Å². The zero-order valence-electron chi connectivity index (χ0n) is 59.7. The minimum Gasteiger partial charge on any atom is -0.480 e. The van der Waals surface area contributed by atoms with Crippen LogP contribution in [0.25, 0.3) is 0 Å². The molecule has 1 aromatic carbocycles. The van der Waals surface area contributed by atoms with Gasteiger partial charge in [0.05, 0.1) is 51.5 Å². The molecule has 105 heavy (non-hydrogen) atoms. The van der Waals surface area contributed by atoms with Crippen LogP contribution in [0.2, 0.25) is 0 Å². The normalized spacial score (nSPS) is 27.5. The molecule has 25 atom stereocenters. The standard InChI is InChI=1S/C65H108N12O28/c1-9-29(6)44(76-59(96)43(67)28(4)5)60(97)77-45(31(8)81)61(98)70-30(7)55(92)73-35(20-32-15-11-10-12-16-32)58(95)74-36(56(93)69-22-41(83)68-23-42(84)71-34(19-27(2)3)57(94)72-33(63(99)100)17-13-14-18-66)21-40(82)75-62-50(89)48(87)53(38(25-79)101-62)104-65-52(91)49(88)54(39(26-80)103-65)105-64-51(90)47(86)46(85)37(24-78)102-64/h10-12,15-16,27-31,33-39,43-54,62,64-65,78-81,85-91H,9,13-14,17-26,66-67H2,1-8H3,(H,68,83)(H,69,93)(H,70,98)(H,71,84)(H,72,94)(H,73,92)(H,74,95)(H,75,82)(H,76,96)(H,77,97)(H,99,100)/t29-,30-,31+,33-,34-,35-,36-,37+,38+,39+,43-,44-,45-,46+,47-,48+,49+,50+,51+,52+,53+,54+,62+,64+,65+/m0/s1. The summed E-state index contributed by atoms with van der Waals surface area (Å²) in [5.74, 6) is -12.6. The highest BCUT2D eigenvalue weighted by Crippen LogP contribution is 2.33. The third-order valence-electron chi connectivity index (χ3n) is 17.8. The van der Waals surface area contributed by atoms with Crippen molar-refractivity contribution < 1.29 is 138 Å². The van der Waals surface area contributed by atoms with Crippen LogP contribution in [0.3, 0.4) is 0 Å². The first kappa shape index (κ1) is 90.1. The van der Waals surface area contributed by atoms with E-state index in [4.69, 9.17) is 35.2 Å². The van der Waals surface area contributed by atoms with Crippen LogP contribution >= 0.6 is 0 Å². The molecule has 3 fully saturated rings. The highest BCUT2D eigenvalue weighted by molar-refractivity contribution is 5.99. The quantitative estimate of drug-likeness (QED) is 0.0271. The van der Waals surface area contributed by atoms with Crippen LogP contribution in [-0.2, 0) is 82.8 Å². The van der Waals surface area contributed by atoms with E-state index in [0.717, 1.165) is 0 Å². The summed E-state index contributed by atoms with van der Waals surface area (Å²) in [5, 5.41) is 151. The maximum Gasteiger partial charge on any atom is 0.326 e. The van der Waals surface area contributed by atoms with E-state index in [2.05, 4.69) is 53.2 Å². The molecule has 26 N–H and O–H groups in total. The summed E-state index contributed by atoms with van der Waals surface area (Å²) in [7, 11) is 0. The zero-order chi connectivity index (χ0) is 78.9. The third-order valence-corrected chi connectivity index (χ3v) is 17.8. The number of carboxylic acids is 1. The highest BCUT2D eigenvalue weighted by Gasteiger charge is 2.54. The lowest BCUT2D eigenvalue weighted by Crippen LogP contribution is -2.67. The number of amides is 10. The van der Waals surface area contributed by atoms with Gasteiger partial charge in [-0.25, -0.2) is 4.79 Å². The first-order chi connectivity index (χ1) is 49.4. The van der Waals surface area contributed by atoms with Gasteiger partial charge < -0.3 is 150 Å². The Bertz CT molecular complexity index is 3000. The van der Waals surface area contributed by atoms with E-state index in [0.29, 0.717) is 24.8 Å². The number of benzene rings is 1. The van der Waals surface area contributed by atoms with Crippen molar-refractivity contribution in [3.63, 3.8) is 0 Å². The SMILES string of the molecule is CC[C@H](C)[C@H](NC(=O)[C@@H](N)C(C)C)C(=O)N[C@H](C(=O)N[C@@H](C)C(=O)N[C@@H](Cc1ccccc1)C(=O)N[C@@H](CC(=O)N[C@@H]1O[C@H](CO)[C@@H](O[C@H]2O[C@H](CO)[C@@H](O[C@H]3O[C@H](CO)[C@@H](O)[C@H](O)[C@H]3O)[C@H](O)[C@H]2O)[C@H](O)[C@H]1O)C(=O)NCC(=O)NCC(=O)N[C@@H](CC(C)C)C(=O)N[C@@H](CCCCN)C(=O)O)[C@@H](C)O. The molecule has 0 saturated carbocycles. The first-order valence-corrected chi connectivity index (χ1v) is 34.7. The molecule has 0 unspecified atom stereocenters. The fraction of sp³-hybridized carbons (Fsp3) is 0.738. The predicted molar refractivity (Wildman–Crippen MR) is 361 cm³/mol. The minimum atomic E-state index is -2.25. The van der Waals surface area contributed by atoms with Gasteiger partial charge in [-0.3, -0.25) is 47.9 Å². The number of carbonyl (C=O) groups excluding carboxylic acids is 10. The number of carboxylic acid groups (broad SMARTS) is 1. The topological polar surface area (TPSA) is 649 Å². The number of hydrogen-bond donors (Lipinski definition) is 24. The number of nitrogens with one attached hydrogen (secondary N) is 10. The molecule has 10 amide bonds. The number of nitrogens with two attached hydrogens (primary N) is 2. The summed E-state index contributed by atoms with van der Waals surface area (Å²) in [4.78, 5) is 150. The van der Waals surface area contributed by atoms with E-state index in [9.17, 15) is 114 Å². The van der Waals surface area contributed by atoms with Crippen LogP contribution in [0.1, 0.15) is 99.5 Å². The van der Waals surface area contributed by atoms with Gasteiger partial charge in [0.25, 0.3) is 0 Å². The molecule has 3 aliphatic heterocycles. The number of aliphatic carboxylic acids is 1. The van der Waals surface area contributed by atoms with Gasteiger partial charge in [0.1, 0.15) is 116 Å². The lowest BCUT2D eigenvalue weighted by atomic mass is 9.95. The van der Waals surface area contributed by atoms with Gasteiger partial charge in [0.2, 0.25) is 59.1 Å². The molecule has 0 aromatic heterocycles. The van der Waals surface area contributed by atoms with Gasteiger partial charge in [-0.2, -0.15) is 0 Å². The maximum absolute atomic E-state index is 14.7. The molecule has 0 spiro atoms. The first-order valence-electron chi connectivity index (χ1n) is 34.7. The molecule has 4 rings (SSSR count). The summed E-state index contributed by atoms with van der Waals surface area (Å²) in [6.45, 7) is 8.12. The average molecular weight is 1510 g/mol. The molecule has 0 bridgehead atoms. The molecule has 0 aliphatic carbocycles. The fourth-order valence-corrected chi connectivity index (χ4v) is 11.2. The summed E-state index contributed by atoms with van der Waals surface area (Å²) in [6.07, 6.45) is -31.0. The van der Waals surface area contributed by atoms with Crippen molar-refractivity contribution in [1.29, 1.82) is 0 Å². The van der Waals surface area contributed by atoms with Crippen LogP contribution in [-0.4, -0.2) is 312 Å². The molecule has 0 radical (unpaired) electrons. The van der Waals surface area contributed by atoms with Crippen molar-refractivity contribution in [3.8, 4) is 0 Å². The minimum absolute atomic E-state index is 0.0371. The number of hydrogen-bond acceptors (Lipinski definition) is 29. The van der Waals surface area contributed by atoms with Crippen molar-refractivity contribution >= 4 is 65.0 Å². The average Bonchev–Trinajstić information content (AvgIpc) is 0.777. The van der Waals surface area contributed by atoms with E-state index in [1.165, 1.54) is 13.8 Å². The highest BCUT2D eigenvalue weighted by atomic mass is 16.7. The van der Waals surface area contributed by atoms with Crippen molar-refractivity contribution in [2.24, 2.45) is 29.2 Å². The molecule has 1 aromatic rings. The van der Waals surface area contributed by atoms with Crippen molar-refractivity contribution in [3.05, 3.63) is 35.9 Å². The monoisotopic (exact) mass is 1500 g/mol. The largest absolute Gasteiger partial charge is 0.480 e. The van der Waals surface area contributed by atoms with Crippen LogP contribution in [0.15, 0.2) is 30.3 Å². The Hall–Kier alpha value is -7.33. The zero-order valence-corrected chi connectivity index (χ0v) is 59.7. The van der Waals surface area contributed by atoms with E-state index in [-0.39, 0.29) is 37.6 Å². The fourth-order valence-electron chi connectivity index (χ4n) is 11.2. The summed E-state index contributed by atoms with van der Waals surface area (Å²) in [5.41, 5.74) is 12.0. The summed E-state index contributed by atoms with van der Waals surface area (Å²) >= 11 is 0. The van der Waals surface area contributed by atoms with E-state index >= 15 is 0 Å². The summed E-state index contributed by atoms with van der Waals surface area (Å²) in [6, 6.07) is -4.02. The van der Waals surface area contributed by atoms with E-state index < -0.39 is 257 Å². The smallest absolute Gasteiger partial charge is 0.326 e. The molecule has 3 heterocycles. The Kier molecular flexibility index (Phi) is 37.3. The predicted octanol–water partition coefficient (Wildman–Crippen LogP) is -10.5. The Morgan fingerprint density at radius 3 is 1.60 bits per heavy atom. The second-order valence-electron chi connectivity index (χ2n) is 27.0. The maximum atomic E-state index is 14.7. The van der Waals surface area contributed by atoms with Crippen molar-refractivity contribution in [2.45, 2.75) is 247 Å². The Balaban J connectivity index is 1.59. The van der Waals surface area contributed by atoms with Gasteiger partial charge in [0.15, 0.2) is 18.8 Å². The van der Waals surface area contributed by atoms with E-state index in [1.807, 2.05) is 0 Å². The number of ether oxygens (including phenoxy) is 5. The second-order valence-corrected chi connectivity index (χ2v) is 27.0. The van der Waals surface area contributed by atoms with Crippen LogP contribution in [0.5, 0.6) is 0 Å². The van der Waals surface area contributed by atoms with Crippen molar-refractivity contribution in [1.82, 2.24) is 53.2 Å². The number of unbranched alkanes of at least 4 members (excludes halogenated alkanes) is 1. The number of aliphatic hydroxyl groups excluding tert-OH is 11. The van der Waals surface area contributed by atoms with Gasteiger partial charge in [-0.1, -0.05) is 78.3 Å². The van der Waals surface area contributed by atoms with Gasteiger partial charge in [-0.15, -0.1) is 0 Å². The van der Waals surface area contributed by atoms with E-state index in [1.54, 1.807) is 71.9 Å². The van der Waals surface area contributed by atoms with Gasteiger partial charge >= 0.3 is 5.97 Å². The lowest BCUT2D eigenvalue weighted by Gasteiger charge is -2.48. The van der Waals surface area contributed by atoms with Crippen molar-refractivity contribution in [2.75, 3.05) is 39.5 Å². The molecular weight excluding hydrogens is 1400 g/mol. The van der Waals surface area contributed by atoms with Crippen LogP contribution in [0.4, 0.5) is 0 Å². The molecular formula is C65H108N12O28. The molecule has 3 aliphatic rings. The third kappa shape index (κ3) is 26.8. The number of carbonyl (C=O) groups is 11. The molecule has 40 nitrogen and oxygen atoms in total. The van der Waals surface area contributed by atoms with Crippen LogP contribution < -0.4 is 64.6 Å². The molecule has 596 valence electrons. The Morgan fingerprint density at radius 2 is 1.05 bits per heavy atom. The number of aliphatic hydroxyl groups is 11. The molecule has 40 heteroatoms. The van der Waals surface area contributed by atoms with Gasteiger partial charge in [-0.05, 0) is 69.4 Å². The van der Waals surface area contributed by atoms with Crippen LogP contribution in [0, 0.1) is 17.8 Å². The summed E-state index contributed by atoms with van der Waals surface area (Å²) < 4.78 is 28.0. The Morgan fingerprint density at radius 1 is 0.524 bits per heavy atom. The molecule has 3 saturated heterocycles. The lowest BCUT2D eigenvalue weighted by molar-refractivity contribution is -0.373. The Labute approximate surface area is 605 Å². The second kappa shape index (κ2) is 43.5. The number of rotatable bonds is 41.